The van der Waals surface area contributed by atoms with Gasteiger partial charge in [-0.1, -0.05) is 0 Å². The lowest BCUT2D eigenvalue weighted by atomic mass is 10.0. The predicted molar refractivity (Wildman–Crippen MR) is 97.7 cm³/mol. The van der Waals surface area contributed by atoms with E-state index < -0.39 is 21.1 Å². The van der Waals surface area contributed by atoms with Gasteiger partial charge < -0.3 is 15.2 Å². The molecule has 0 radical (unpaired) electrons. The Bertz CT molecular complexity index is 906. The standard InChI is InChI=1S/C17H19N3O4S2/c21-16(6-11-3-5-25-9-11)19-14-10-26(23,24)15-8-20(7-12(14)15)17(22)13-2-1-4-18-13/h1-5,9,12,14-15,18H,6-8,10H2,(H,19,21)/t12-,14+,15-/m0/s1. The van der Waals surface area contributed by atoms with E-state index in [4.69, 9.17) is 0 Å². The van der Waals surface area contributed by atoms with Crippen LogP contribution in [0.1, 0.15) is 16.1 Å². The van der Waals surface area contributed by atoms with Crippen molar-refractivity contribution in [3.63, 3.8) is 0 Å². The molecule has 2 N–H and O–H groups in total. The van der Waals surface area contributed by atoms with E-state index in [1.54, 1.807) is 23.2 Å². The summed E-state index contributed by atoms with van der Waals surface area (Å²) in [4.78, 5) is 29.2. The zero-order valence-electron chi connectivity index (χ0n) is 13.9. The number of rotatable bonds is 4. The SMILES string of the molecule is O=C(Cc1ccsc1)N[C@@H]1CS(=O)(=O)[C@H]2CN(C(=O)c3ccc[nH]3)C[C@@H]12. The highest BCUT2D eigenvalue weighted by Crippen LogP contribution is 2.34. The Morgan fingerprint density at radius 2 is 2.15 bits per heavy atom. The number of nitrogens with one attached hydrogen (secondary N) is 2. The normalized spacial score (nSPS) is 26.6. The number of aromatic amines is 1. The minimum Gasteiger partial charge on any atom is -0.357 e. The number of fused-ring (bicyclic) bond motifs is 1. The van der Waals surface area contributed by atoms with Crippen LogP contribution in [0.3, 0.4) is 0 Å². The van der Waals surface area contributed by atoms with Gasteiger partial charge in [0.2, 0.25) is 5.91 Å². The molecule has 2 fully saturated rings. The van der Waals surface area contributed by atoms with Crippen LogP contribution in [0.15, 0.2) is 35.2 Å². The molecule has 2 aromatic heterocycles. The van der Waals surface area contributed by atoms with Crippen LogP contribution in [0, 0.1) is 5.92 Å². The average Bonchev–Trinajstić information content (AvgIpc) is 3.34. The van der Waals surface area contributed by atoms with Crippen molar-refractivity contribution in [3.8, 4) is 0 Å². The van der Waals surface area contributed by atoms with E-state index in [0.29, 0.717) is 12.2 Å². The summed E-state index contributed by atoms with van der Waals surface area (Å²) in [6, 6.07) is 4.84. The van der Waals surface area contributed by atoms with Crippen molar-refractivity contribution in [2.24, 2.45) is 5.92 Å². The molecule has 0 spiro atoms. The van der Waals surface area contributed by atoms with E-state index in [0.717, 1.165) is 5.56 Å². The Morgan fingerprint density at radius 1 is 1.31 bits per heavy atom. The molecular formula is C17H19N3O4S2. The molecule has 4 heterocycles. The van der Waals surface area contributed by atoms with Crippen molar-refractivity contribution in [2.75, 3.05) is 18.8 Å². The highest BCUT2D eigenvalue weighted by atomic mass is 32.2. The summed E-state index contributed by atoms with van der Waals surface area (Å²) in [5, 5.41) is 6.08. The molecular weight excluding hydrogens is 374 g/mol. The van der Waals surface area contributed by atoms with E-state index in [1.807, 2.05) is 16.8 Å². The summed E-state index contributed by atoms with van der Waals surface area (Å²) in [7, 11) is -3.33. The average molecular weight is 393 g/mol. The largest absolute Gasteiger partial charge is 0.357 e. The van der Waals surface area contributed by atoms with Crippen LogP contribution < -0.4 is 5.32 Å². The number of sulfone groups is 1. The quantitative estimate of drug-likeness (QED) is 0.798. The van der Waals surface area contributed by atoms with Gasteiger partial charge in [0.15, 0.2) is 9.84 Å². The molecule has 0 saturated carbocycles. The molecule has 0 aromatic carbocycles. The van der Waals surface area contributed by atoms with Crippen LogP contribution in [0.5, 0.6) is 0 Å². The van der Waals surface area contributed by atoms with Gasteiger partial charge in [0.1, 0.15) is 5.69 Å². The van der Waals surface area contributed by atoms with E-state index in [-0.39, 0.29) is 36.5 Å². The fourth-order valence-corrected chi connectivity index (χ4v) is 6.81. The molecule has 0 bridgehead atoms. The minimum atomic E-state index is -3.33. The first-order chi connectivity index (χ1) is 12.4. The minimum absolute atomic E-state index is 0.0533. The fraction of sp³-hybridized carbons (Fsp3) is 0.412. The topological polar surface area (TPSA) is 99.3 Å². The molecule has 2 aliphatic rings. The highest BCUT2D eigenvalue weighted by Gasteiger charge is 2.53. The van der Waals surface area contributed by atoms with Crippen molar-refractivity contribution in [1.82, 2.24) is 15.2 Å². The van der Waals surface area contributed by atoms with Crippen molar-refractivity contribution in [3.05, 3.63) is 46.4 Å². The molecule has 138 valence electrons. The van der Waals surface area contributed by atoms with Gasteiger partial charge in [-0.3, -0.25) is 9.59 Å². The maximum atomic E-state index is 12.5. The summed E-state index contributed by atoms with van der Waals surface area (Å²) in [5.74, 6) is -0.700. The molecule has 2 aromatic rings. The second kappa shape index (κ2) is 6.55. The molecule has 26 heavy (non-hydrogen) atoms. The Labute approximate surface area is 155 Å². The summed E-state index contributed by atoms with van der Waals surface area (Å²) >= 11 is 1.52. The van der Waals surface area contributed by atoms with Gasteiger partial charge in [0.05, 0.1) is 17.4 Å². The number of carbonyl (C=O) groups is 2. The second-order valence-corrected chi connectivity index (χ2v) is 9.85. The van der Waals surface area contributed by atoms with Crippen molar-refractivity contribution >= 4 is 33.0 Å². The number of hydrogen-bond donors (Lipinski definition) is 2. The number of aromatic nitrogens is 1. The summed E-state index contributed by atoms with van der Waals surface area (Å²) < 4.78 is 25.0. The van der Waals surface area contributed by atoms with Crippen molar-refractivity contribution in [2.45, 2.75) is 17.7 Å². The molecule has 3 atom stereocenters. The van der Waals surface area contributed by atoms with Gasteiger partial charge in [0, 0.05) is 31.2 Å². The van der Waals surface area contributed by atoms with Gasteiger partial charge in [-0.2, -0.15) is 11.3 Å². The van der Waals surface area contributed by atoms with Crippen molar-refractivity contribution in [1.29, 1.82) is 0 Å². The van der Waals surface area contributed by atoms with Gasteiger partial charge in [0.25, 0.3) is 5.91 Å². The fourth-order valence-electron chi connectivity index (χ4n) is 3.85. The third kappa shape index (κ3) is 3.16. The first-order valence-corrected chi connectivity index (χ1v) is 11.0. The highest BCUT2D eigenvalue weighted by molar-refractivity contribution is 7.92. The Balaban J connectivity index is 1.46. The van der Waals surface area contributed by atoms with E-state index in [1.165, 1.54) is 11.3 Å². The molecule has 0 unspecified atom stereocenters. The van der Waals surface area contributed by atoms with E-state index in [9.17, 15) is 18.0 Å². The lowest BCUT2D eigenvalue weighted by Crippen LogP contribution is -2.43. The van der Waals surface area contributed by atoms with Crippen LogP contribution >= 0.6 is 11.3 Å². The van der Waals surface area contributed by atoms with Gasteiger partial charge >= 0.3 is 0 Å². The number of hydrogen-bond acceptors (Lipinski definition) is 5. The Kier molecular flexibility index (Phi) is 4.36. The zero-order chi connectivity index (χ0) is 18.3. The number of H-pyrrole nitrogens is 1. The maximum absolute atomic E-state index is 12.5. The maximum Gasteiger partial charge on any atom is 0.270 e. The molecule has 4 rings (SSSR count). The number of thiophene rings is 1. The second-order valence-electron chi connectivity index (χ2n) is 6.81. The molecule has 0 aliphatic carbocycles. The molecule has 7 nitrogen and oxygen atoms in total. The summed E-state index contributed by atoms with van der Waals surface area (Å²) in [6.45, 7) is 0.521. The third-order valence-electron chi connectivity index (χ3n) is 5.11. The number of carbonyl (C=O) groups excluding carboxylic acids is 2. The Morgan fingerprint density at radius 3 is 2.85 bits per heavy atom. The lowest BCUT2D eigenvalue weighted by Gasteiger charge is -2.20. The van der Waals surface area contributed by atoms with Crippen LogP contribution in [-0.2, 0) is 21.1 Å². The number of likely N-dealkylation sites (tertiary alicyclic amines) is 1. The van der Waals surface area contributed by atoms with Gasteiger partial charge in [-0.05, 0) is 34.5 Å². The molecule has 2 amide bonds. The Hall–Kier alpha value is -2.13. The van der Waals surface area contributed by atoms with Crippen molar-refractivity contribution < 1.29 is 18.0 Å². The zero-order valence-corrected chi connectivity index (χ0v) is 15.6. The van der Waals surface area contributed by atoms with E-state index in [2.05, 4.69) is 10.3 Å². The number of nitrogens with zero attached hydrogens (tertiary/aromatic N) is 1. The summed E-state index contributed by atoms with van der Waals surface area (Å²) in [6.07, 6.45) is 1.90. The van der Waals surface area contributed by atoms with Crippen LogP contribution in [-0.4, -0.2) is 60.3 Å². The summed E-state index contributed by atoms with van der Waals surface area (Å²) in [5.41, 5.74) is 1.36. The van der Waals surface area contributed by atoms with Crippen LogP contribution in [0.4, 0.5) is 0 Å². The first kappa shape index (κ1) is 17.3. The van der Waals surface area contributed by atoms with Crippen LogP contribution in [0.25, 0.3) is 0 Å². The van der Waals surface area contributed by atoms with Gasteiger partial charge in [-0.25, -0.2) is 8.42 Å². The van der Waals surface area contributed by atoms with E-state index >= 15 is 0 Å². The smallest absolute Gasteiger partial charge is 0.270 e. The molecule has 2 saturated heterocycles. The van der Waals surface area contributed by atoms with Crippen LogP contribution in [0.2, 0.25) is 0 Å². The molecule has 2 aliphatic heterocycles. The third-order valence-corrected chi connectivity index (χ3v) is 8.08. The van der Waals surface area contributed by atoms with Gasteiger partial charge in [-0.15, -0.1) is 0 Å². The molecule has 9 heteroatoms. The lowest BCUT2D eigenvalue weighted by molar-refractivity contribution is -0.121. The first-order valence-electron chi connectivity index (χ1n) is 8.39. The monoisotopic (exact) mass is 393 g/mol. The number of amides is 2. The predicted octanol–water partition coefficient (Wildman–Crippen LogP) is 0.673.